The highest BCUT2D eigenvalue weighted by Gasteiger charge is 2.23. The molecule has 0 aliphatic carbocycles. The number of fused-ring (bicyclic) bond motifs is 1. The van der Waals surface area contributed by atoms with E-state index in [-0.39, 0.29) is 5.91 Å². The first-order valence-electron chi connectivity index (χ1n) is 8.96. The second kappa shape index (κ2) is 8.66. The smallest absolute Gasteiger partial charge is 0.244 e. The molecule has 0 aromatic carbocycles. The van der Waals surface area contributed by atoms with Gasteiger partial charge in [0, 0.05) is 37.9 Å². The van der Waals surface area contributed by atoms with Crippen molar-refractivity contribution in [3.05, 3.63) is 41.3 Å². The van der Waals surface area contributed by atoms with Gasteiger partial charge in [-0.15, -0.1) is 0 Å². The average Bonchev–Trinajstić information content (AvgIpc) is 2.96. The largest absolute Gasteiger partial charge is 0.379 e. The number of hydrogen-bond acceptors (Lipinski definition) is 4. The van der Waals surface area contributed by atoms with Crippen molar-refractivity contribution in [2.45, 2.75) is 19.9 Å². The number of halogens is 1. The Morgan fingerprint density at radius 3 is 2.88 bits per heavy atom. The monoisotopic (exact) mass is 376 g/mol. The van der Waals surface area contributed by atoms with Crippen LogP contribution in [0.1, 0.15) is 19.5 Å². The summed E-state index contributed by atoms with van der Waals surface area (Å²) in [4.78, 5) is 18.9. The Bertz CT molecular complexity index is 781. The first-order chi connectivity index (χ1) is 12.6. The summed E-state index contributed by atoms with van der Waals surface area (Å²) in [6, 6.07) is 5.98. The molecular weight excluding hydrogens is 352 g/mol. The second-order valence-corrected chi connectivity index (χ2v) is 7.11. The molecule has 0 bridgehead atoms. The number of rotatable bonds is 6. The number of aromatic nitrogens is 2. The maximum Gasteiger partial charge on any atom is 0.244 e. The first kappa shape index (κ1) is 18.9. The molecule has 0 radical (unpaired) electrons. The third-order valence-electron chi connectivity index (χ3n) is 4.68. The van der Waals surface area contributed by atoms with Crippen LogP contribution in [-0.2, 0) is 9.53 Å². The van der Waals surface area contributed by atoms with Crippen LogP contribution >= 0.6 is 11.6 Å². The van der Waals surface area contributed by atoms with E-state index in [1.807, 2.05) is 28.8 Å². The van der Waals surface area contributed by atoms with Gasteiger partial charge in [0.1, 0.15) is 5.65 Å². The fourth-order valence-electron chi connectivity index (χ4n) is 3.25. The van der Waals surface area contributed by atoms with Crippen LogP contribution in [0.5, 0.6) is 0 Å². The summed E-state index contributed by atoms with van der Waals surface area (Å²) < 4.78 is 7.28. The number of carbonyl (C=O) groups excluding carboxylic acids is 1. The topological polar surface area (TPSA) is 58.9 Å². The minimum Gasteiger partial charge on any atom is -0.379 e. The molecule has 1 aliphatic rings. The van der Waals surface area contributed by atoms with Crippen LogP contribution in [0.15, 0.2) is 30.5 Å². The second-order valence-electron chi connectivity index (χ2n) is 6.75. The summed E-state index contributed by atoms with van der Waals surface area (Å²) in [5.74, 6) is 0.316. The Morgan fingerprint density at radius 1 is 1.38 bits per heavy atom. The lowest BCUT2D eigenvalue weighted by atomic mass is 10.0. The summed E-state index contributed by atoms with van der Waals surface area (Å²) >= 11 is 6.19. The van der Waals surface area contributed by atoms with Gasteiger partial charge in [0.25, 0.3) is 0 Å². The van der Waals surface area contributed by atoms with Crippen molar-refractivity contribution in [3.63, 3.8) is 0 Å². The zero-order valence-corrected chi connectivity index (χ0v) is 15.9. The molecule has 2 aromatic heterocycles. The molecule has 3 heterocycles. The number of nitrogens with one attached hydrogen (secondary N) is 1. The molecule has 26 heavy (non-hydrogen) atoms. The van der Waals surface area contributed by atoms with Crippen LogP contribution < -0.4 is 5.32 Å². The van der Waals surface area contributed by atoms with Crippen molar-refractivity contribution in [1.29, 1.82) is 0 Å². The molecular formula is C19H25ClN4O2. The maximum absolute atomic E-state index is 12.3. The lowest BCUT2D eigenvalue weighted by Crippen LogP contribution is -2.51. The van der Waals surface area contributed by atoms with Crippen LogP contribution in [0.2, 0.25) is 5.15 Å². The number of morpholine rings is 1. The molecule has 1 aliphatic heterocycles. The molecule has 0 spiro atoms. The molecule has 1 saturated heterocycles. The van der Waals surface area contributed by atoms with Gasteiger partial charge in [-0.1, -0.05) is 31.5 Å². The zero-order chi connectivity index (χ0) is 18.5. The van der Waals surface area contributed by atoms with Gasteiger partial charge in [0.15, 0.2) is 5.15 Å². The Balaban J connectivity index is 1.62. The summed E-state index contributed by atoms with van der Waals surface area (Å²) in [6.45, 7) is 8.30. The lowest BCUT2D eigenvalue weighted by molar-refractivity contribution is -0.116. The van der Waals surface area contributed by atoms with E-state index in [0.717, 1.165) is 32.0 Å². The Labute approximate surface area is 158 Å². The van der Waals surface area contributed by atoms with Crippen LogP contribution in [0.4, 0.5) is 0 Å². The van der Waals surface area contributed by atoms with E-state index in [1.165, 1.54) is 6.08 Å². The van der Waals surface area contributed by atoms with Crippen molar-refractivity contribution in [2.24, 2.45) is 5.92 Å². The third kappa shape index (κ3) is 4.44. The molecule has 1 atom stereocenters. The fourth-order valence-corrected chi connectivity index (χ4v) is 3.49. The molecule has 1 amide bonds. The van der Waals surface area contributed by atoms with Gasteiger partial charge in [-0.3, -0.25) is 14.1 Å². The van der Waals surface area contributed by atoms with Gasteiger partial charge in [0.2, 0.25) is 5.91 Å². The quantitative estimate of drug-likeness (QED) is 0.787. The van der Waals surface area contributed by atoms with Gasteiger partial charge in [0.05, 0.1) is 18.9 Å². The van der Waals surface area contributed by atoms with E-state index in [0.29, 0.717) is 29.4 Å². The first-order valence-corrected chi connectivity index (χ1v) is 9.34. The summed E-state index contributed by atoms with van der Waals surface area (Å²) in [5, 5.41) is 3.39. The van der Waals surface area contributed by atoms with Crippen LogP contribution in [0.25, 0.3) is 11.7 Å². The minimum absolute atomic E-state index is 0.133. The number of hydrogen-bond donors (Lipinski definition) is 1. The Morgan fingerprint density at radius 2 is 2.15 bits per heavy atom. The number of amides is 1. The van der Waals surface area contributed by atoms with Gasteiger partial charge in [-0.25, -0.2) is 4.98 Å². The van der Waals surface area contributed by atoms with Crippen molar-refractivity contribution in [3.8, 4) is 0 Å². The van der Waals surface area contributed by atoms with Crippen molar-refractivity contribution < 1.29 is 9.53 Å². The number of imidazole rings is 1. The van der Waals surface area contributed by atoms with E-state index in [4.69, 9.17) is 16.3 Å². The summed E-state index contributed by atoms with van der Waals surface area (Å²) in [7, 11) is 0. The van der Waals surface area contributed by atoms with Crippen molar-refractivity contribution in [1.82, 2.24) is 19.6 Å². The van der Waals surface area contributed by atoms with Gasteiger partial charge in [-0.2, -0.15) is 0 Å². The number of nitrogens with zero attached hydrogens (tertiary/aromatic N) is 3. The van der Waals surface area contributed by atoms with Crippen molar-refractivity contribution in [2.75, 3.05) is 32.8 Å². The standard InChI is InChI=1S/C19H25ClN4O2/c1-14(2)16(23-9-11-26-12-10-23)13-21-18(25)7-6-15-19(20)22-17-5-3-4-8-24(15)17/h3-8,14,16H,9-13H2,1-2H3,(H,21,25)/b7-6+. The van der Waals surface area contributed by atoms with E-state index in [9.17, 15) is 4.79 Å². The fraction of sp³-hybridized carbons (Fsp3) is 0.474. The highest BCUT2D eigenvalue weighted by molar-refractivity contribution is 6.31. The Kier molecular flexibility index (Phi) is 6.29. The number of carbonyl (C=O) groups is 1. The van der Waals surface area contributed by atoms with E-state index >= 15 is 0 Å². The van der Waals surface area contributed by atoms with E-state index < -0.39 is 0 Å². The minimum atomic E-state index is -0.133. The highest BCUT2D eigenvalue weighted by atomic mass is 35.5. The third-order valence-corrected chi connectivity index (χ3v) is 4.96. The highest BCUT2D eigenvalue weighted by Crippen LogP contribution is 2.18. The predicted molar refractivity (Wildman–Crippen MR) is 103 cm³/mol. The van der Waals surface area contributed by atoms with Gasteiger partial charge < -0.3 is 10.1 Å². The maximum atomic E-state index is 12.3. The summed E-state index contributed by atoms with van der Waals surface area (Å²) in [6.07, 6.45) is 5.09. The SMILES string of the molecule is CC(C)C(CNC(=O)/C=C/c1c(Cl)nc2ccccn12)N1CCOCC1. The number of pyridine rings is 1. The molecule has 140 valence electrons. The molecule has 6 nitrogen and oxygen atoms in total. The van der Waals surface area contributed by atoms with Crippen LogP contribution in [0, 0.1) is 5.92 Å². The van der Waals surface area contributed by atoms with Crippen LogP contribution in [0.3, 0.4) is 0 Å². The molecule has 7 heteroatoms. The summed E-state index contributed by atoms with van der Waals surface area (Å²) in [5.41, 5.74) is 1.45. The molecule has 1 N–H and O–H groups in total. The molecule has 1 fully saturated rings. The molecule has 3 rings (SSSR count). The molecule has 1 unspecified atom stereocenters. The normalized spacial score (nSPS) is 17.2. The predicted octanol–water partition coefficient (Wildman–Crippen LogP) is 2.47. The van der Waals surface area contributed by atoms with Gasteiger partial charge >= 0.3 is 0 Å². The number of ether oxygens (including phenoxy) is 1. The average molecular weight is 377 g/mol. The lowest BCUT2D eigenvalue weighted by Gasteiger charge is -2.36. The van der Waals surface area contributed by atoms with Gasteiger partial charge in [-0.05, 0) is 24.1 Å². The van der Waals surface area contributed by atoms with Crippen molar-refractivity contribution >= 4 is 29.2 Å². The zero-order valence-electron chi connectivity index (χ0n) is 15.2. The van der Waals surface area contributed by atoms with Crippen LogP contribution in [-0.4, -0.2) is 59.1 Å². The Hall–Kier alpha value is -1.89. The van der Waals surface area contributed by atoms with E-state index in [2.05, 4.69) is 29.0 Å². The van der Waals surface area contributed by atoms with E-state index in [1.54, 1.807) is 6.08 Å². The molecule has 2 aromatic rings. The molecule has 0 saturated carbocycles.